The van der Waals surface area contributed by atoms with E-state index in [0.717, 1.165) is 69.2 Å². The molecule has 3 aliphatic heterocycles. The Morgan fingerprint density at radius 3 is 2.53 bits per heavy atom. The number of ether oxygens (including phenoxy) is 2. The first-order valence-corrected chi connectivity index (χ1v) is 20.8. The molecule has 1 unspecified atom stereocenters. The number of likely N-dealkylation sites (tertiary alicyclic amines) is 1. The molecule has 16 heteroatoms. The highest BCUT2D eigenvalue weighted by molar-refractivity contribution is 6.08. The lowest BCUT2D eigenvalue weighted by Crippen LogP contribution is -2.39. The number of nitrogens with one attached hydrogen (secondary N) is 2. The molecule has 4 aliphatic rings. The number of morpholine rings is 1. The zero-order chi connectivity index (χ0) is 41.7. The third-order valence-corrected chi connectivity index (χ3v) is 10.9. The lowest BCUT2D eigenvalue weighted by Gasteiger charge is -2.28. The van der Waals surface area contributed by atoms with Crippen molar-refractivity contribution in [3.05, 3.63) is 71.3 Å². The first-order chi connectivity index (χ1) is 28.7. The monoisotopic (exact) mass is 815 g/mol. The number of hydrogen-bond acceptors (Lipinski definition) is 10. The van der Waals surface area contributed by atoms with Crippen LogP contribution < -0.4 is 15.5 Å². The molecular weight excluding hydrogens is 761 g/mol. The molecule has 3 aromatic heterocycles. The van der Waals surface area contributed by atoms with Crippen molar-refractivity contribution in [3.8, 4) is 11.8 Å². The van der Waals surface area contributed by atoms with Crippen LogP contribution in [0.5, 0.6) is 0 Å². The van der Waals surface area contributed by atoms with Crippen LogP contribution in [0.25, 0.3) is 5.65 Å². The molecular formula is C43H55F2N9O5. The molecule has 0 radical (unpaired) electrons. The SMILES string of the molecule is CC.CN1CCC(OCC#Cc2cccc(C3CCC(=O)NC3=O)c2)CC1.O=C(Nc1cn(C2CCCCC2)nc1C(F)F)c1cnn2ccc(N3CCOCC3)nc12. The first kappa shape index (κ1) is 43.3. The number of piperidine rings is 2. The fourth-order valence-corrected chi connectivity index (χ4v) is 7.67. The minimum Gasteiger partial charge on any atom is -0.378 e. The van der Waals surface area contributed by atoms with E-state index in [2.05, 4.69) is 54.5 Å². The van der Waals surface area contributed by atoms with Crippen LogP contribution in [0.4, 0.5) is 20.3 Å². The number of imide groups is 1. The number of alkyl halides is 2. The molecule has 6 heterocycles. The molecule has 1 aromatic carbocycles. The maximum Gasteiger partial charge on any atom is 0.284 e. The van der Waals surface area contributed by atoms with Crippen LogP contribution >= 0.6 is 0 Å². The molecule has 4 fully saturated rings. The van der Waals surface area contributed by atoms with Gasteiger partial charge in [0, 0.05) is 50.6 Å². The van der Waals surface area contributed by atoms with E-state index in [-0.39, 0.29) is 35.0 Å². The van der Waals surface area contributed by atoms with E-state index in [1.54, 1.807) is 10.9 Å². The molecule has 4 aromatic rings. The predicted molar refractivity (Wildman–Crippen MR) is 220 cm³/mol. The van der Waals surface area contributed by atoms with Crippen LogP contribution in [0.3, 0.4) is 0 Å². The average molecular weight is 816 g/mol. The van der Waals surface area contributed by atoms with Crippen LogP contribution in [0.15, 0.2) is 48.9 Å². The highest BCUT2D eigenvalue weighted by Crippen LogP contribution is 2.33. The molecule has 8 rings (SSSR count). The van der Waals surface area contributed by atoms with Gasteiger partial charge in [0.1, 0.15) is 18.0 Å². The summed E-state index contributed by atoms with van der Waals surface area (Å²) in [4.78, 5) is 45.3. The van der Waals surface area contributed by atoms with E-state index in [0.29, 0.717) is 63.3 Å². The van der Waals surface area contributed by atoms with E-state index in [4.69, 9.17) is 9.47 Å². The molecule has 3 saturated heterocycles. The van der Waals surface area contributed by atoms with E-state index in [1.165, 1.54) is 16.9 Å². The first-order valence-electron chi connectivity index (χ1n) is 20.8. The second-order valence-corrected chi connectivity index (χ2v) is 14.9. The summed E-state index contributed by atoms with van der Waals surface area (Å²) in [7, 11) is 2.13. The summed E-state index contributed by atoms with van der Waals surface area (Å²) in [5, 5.41) is 13.3. The fraction of sp³-hybridized carbons (Fsp3) is 0.535. The van der Waals surface area contributed by atoms with Gasteiger partial charge < -0.3 is 24.6 Å². The summed E-state index contributed by atoms with van der Waals surface area (Å²) in [6.07, 6.45) is 10.3. The number of rotatable bonds is 8. The van der Waals surface area contributed by atoms with Gasteiger partial charge in [0.2, 0.25) is 11.8 Å². The van der Waals surface area contributed by atoms with Gasteiger partial charge >= 0.3 is 0 Å². The third-order valence-electron chi connectivity index (χ3n) is 10.9. The summed E-state index contributed by atoms with van der Waals surface area (Å²) >= 11 is 0. The Labute approximate surface area is 344 Å². The van der Waals surface area contributed by atoms with Gasteiger partial charge in [-0.25, -0.2) is 18.3 Å². The number of amides is 3. The van der Waals surface area contributed by atoms with Crippen LogP contribution in [0.2, 0.25) is 0 Å². The summed E-state index contributed by atoms with van der Waals surface area (Å²) in [6.45, 7) is 9.21. The summed E-state index contributed by atoms with van der Waals surface area (Å²) < 4.78 is 41.6. The highest BCUT2D eigenvalue weighted by Gasteiger charge is 2.28. The van der Waals surface area contributed by atoms with Gasteiger partial charge in [0.25, 0.3) is 12.3 Å². The standard InChI is InChI=1S/C21H25F2N7O2.C20H24N2O3.C2H6/c22-19(23)18-16(13-30(27-18)14-4-2-1-3-5-14)25-21(31)15-12-24-29-7-6-17(26-20(15)29)28-8-10-32-11-9-28;1-22-11-9-17(10-12-22)25-13-3-5-15-4-2-6-16(14-15)18-7-8-19(23)21-20(18)24;1-2/h6-7,12-14,19H,1-5,8-11H2,(H,25,31);2,4,6,14,17-18H,7-13H2,1H3,(H,21,23,24);1-2H3. The van der Waals surface area contributed by atoms with Gasteiger partial charge in [-0.15, -0.1) is 0 Å². The van der Waals surface area contributed by atoms with Crippen molar-refractivity contribution in [2.75, 3.05) is 63.3 Å². The molecule has 1 saturated carbocycles. The zero-order valence-corrected chi connectivity index (χ0v) is 34.2. The number of fused-ring (bicyclic) bond motifs is 1. The van der Waals surface area contributed by atoms with Gasteiger partial charge in [-0.3, -0.25) is 24.4 Å². The van der Waals surface area contributed by atoms with Gasteiger partial charge in [-0.2, -0.15) is 10.2 Å². The topological polar surface area (TPSA) is 148 Å². The Morgan fingerprint density at radius 1 is 1.03 bits per heavy atom. The summed E-state index contributed by atoms with van der Waals surface area (Å²) in [5.74, 6) is 5.68. The summed E-state index contributed by atoms with van der Waals surface area (Å²) in [5.41, 5.74) is 1.97. The number of nitrogens with zero attached hydrogens (tertiary/aromatic N) is 7. The molecule has 59 heavy (non-hydrogen) atoms. The Balaban J connectivity index is 0.000000196. The molecule has 1 atom stereocenters. The average Bonchev–Trinajstić information content (AvgIpc) is 3.89. The van der Waals surface area contributed by atoms with Crippen molar-refractivity contribution in [2.24, 2.45) is 0 Å². The molecule has 14 nitrogen and oxygen atoms in total. The minimum atomic E-state index is -2.79. The van der Waals surface area contributed by atoms with Crippen molar-refractivity contribution in [1.29, 1.82) is 0 Å². The van der Waals surface area contributed by atoms with Crippen molar-refractivity contribution < 1.29 is 32.6 Å². The lowest BCUT2D eigenvalue weighted by molar-refractivity contribution is -0.134. The third kappa shape index (κ3) is 11.5. The van der Waals surface area contributed by atoms with Gasteiger partial charge in [0.05, 0.1) is 43.2 Å². The molecule has 3 amide bonds. The molecule has 0 spiro atoms. The largest absolute Gasteiger partial charge is 0.378 e. The van der Waals surface area contributed by atoms with E-state index in [1.807, 2.05) is 44.2 Å². The van der Waals surface area contributed by atoms with Crippen molar-refractivity contribution in [1.82, 2.24) is 34.6 Å². The number of hydrogen-bond donors (Lipinski definition) is 2. The number of benzene rings is 1. The minimum absolute atomic E-state index is 0.0271. The number of halogens is 2. The molecule has 2 N–H and O–H groups in total. The second-order valence-electron chi connectivity index (χ2n) is 14.9. The summed E-state index contributed by atoms with van der Waals surface area (Å²) in [6, 6.07) is 9.60. The van der Waals surface area contributed by atoms with Crippen LogP contribution in [-0.4, -0.2) is 106 Å². The highest BCUT2D eigenvalue weighted by atomic mass is 19.3. The number of aromatic nitrogens is 5. The molecule has 1 aliphatic carbocycles. The van der Waals surface area contributed by atoms with Gasteiger partial charge in [0.15, 0.2) is 11.3 Å². The van der Waals surface area contributed by atoms with Crippen LogP contribution in [-0.2, 0) is 19.1 Å². The smallest absolute Gasteiger partial charge is 0.284 e. The second kappa shape index (κ2) is 21.1. The fourth-order valence-electron chi connectivity index (χ4n) is 7.67. The quantitative estimate of drug-likeness (QED) is 0.157. The lowest BCUT2D eigenvalue weighted by atomic mass is 9.90. The molecule has 0 bridgehead atoms. The Kier molecular flexibility index (Phi) is 15.5. The van der Waals surface area contributed by atoms with E-state index >= 15 is 0 Å². The molecule has 316 valence electrons. The van der Waals surface area contributed by atoms with Gasteiger partial charge in [-0.05, 0) is 62.9 Å². The zero-order valence-electron chi connectivity index (χ0n) is 34.2. The maximum absolute atomic E-state index is 13.6. The predicted octanol–water partition coefficient (Wildman–Crippen LogP) is 6.15. The van der Waals surface area contributed by atoms with Crippen molar-refractivity contribution >= 4 is 34.9 Å². The van der Waals surface area contributed by atoms with E-state index < -0.39 is 18.0 Å². The van der Waals surface area contributed by atoms with Crippen LogP contribution in [0, 0.1) is 11.8 Å². The van der Waals surface area contributed by atoms with Crippen molar-refractivity contribution in [2.45, 2.75) is 96.1 Å². The Hall–Kier alpha value is -5.24. The normalized spacial score (nSPS) is 19.2. The number of carbonyl (C=O) groups excluding carboxylic acids is 3. The number of carbonyl (C=O) groups is 3. The van der Waals surface area contributed by atoms with Crippen LogP contribution in [0.1, 0.15) is 117 Å². The van der Waals surface area contributed by atoms with Crippen molar-refractivity contribution in [3.63, 3.8) is 0 Å². The Bertz CT molecular complexity index is 2090. The number of anilines is 2. The van der Waals surface area contributed by atoms with Gasteiger partial charge in [-0.1, -0.05) is 57.1 Å². The Morgan fingerprint density at radius 2 is 1.80 bits per heavy atom. The maximum atomic E-state index is 13.6. The van der Waals surface area contributed by atoms with E-state index in [9.17, 15) is 23.2 Å².